The summed E-state index contributed by atoms with van der Waals surface area (Å²) in [5.41, 5.74) is 7.20. The van der Waals surface area contributed by atoms with Gasteiger partial charge >= 0.3 is 0 Å². The second-order valence-electron chi connectivity index (χ2n) is 6.19. The van der Waals surface area contributed by atoms with Gasteiger partial charge in [-0.25, -0.2) is 4.98 Å². The standard InChI is InChI=1S/C15H23N3OS.2ClH/c1-3-12-18-11(7-20-12)8(2)17-15(19)13-9-4-5-10(6-9)14(13)16;;/h7-10,13-14H,3-6,16H2,1-2H3,(H,17,19);2*1H. The highest BCUT2D eigenvalue weighted by molar-refractivity contribution is 7.09. The molecule has 1 aromatic heterocycles. The number of hydrogen-bond acceptors (Lipinski definition) is 4. The van der Waals surface area contributed by atoms with E-state index in [4.69, 9.17) is 5.73 Å². The molecule has 1 amide bonds. The van der Waals surface area contributed by atoms with Gasteiger partial charge in [0.05, 0.1) is 22.7 Å². The number of nitrogens with two attached hydrogens (primary N) is 1. The average molecular weight is 366 g/mol. The summed E-state index contributed by atoms with van der Waals surface area (Å²) in [4.78, 5) is 17.0. The van der Waals surface area contributed by atoms with Crippen molar-refractivity contribution in [2.24, 2.45) is 23.5 Å². The zero-order chi connectivity index (χ0) is 14.3. The van der Waals surface area contributed by atoms with E-state index in [9.17, 15) is 4.79 Å². The monoisotopic (exact) mass is 365 g/mol. The number of amides is 1. The van der Waals surface area contributed by atoms with Gasteiger partial charge < -0.3 is 11.1 Å². The van der Waals surface area contributed by atoms with Gasteiger partial charge in [-0.05, 0) is 44.4 Å². The molecular weight excluding hydrogens is 341 g/mol. The van der Waals surface area contributed by atoms with Gasteiger partial charge in [0.25, 0.3) is 0 Å². The number of fused-ring (bicyclic) bond motifs is 2. The van der Waals surface area contributed by atoms with Crippen LogP contribution in [0.4, 0.5) is 0 Å². The normalized spacial score (nSPS) is 30.3. The van der Waals surface area contributed by atoms with E-state index >= 15 is 0 Å². The van der Waals surface area contributed by atoms with Crippen molar-refractivity contribution in [3.63, 3.8) is 0 Å². The lowest BCUT2D eigenvalue weighted by molar-refractivity contribution is -0.127. The van der Waals surface area contributed by atoms with Crippen LogP contribution in [0.25, 0.3) is 0 Å². The summed E-state index contributed by atoms with van der Waals surface area (Å²) in [6.07, 6.45) is 4.46. The third kappa shape index (κ3) is 3.58. The first-order valence-electron chi connectivity index (χ1n) is 7.60. The van der Waals surface area contributed by atoms with Crippen LogP contribution >= 0.6 is 36.2 Å². The van der Waals surface area contributed by atoms with Gasteiger partial charge in [0.15, 0.2) is 0 Å². The molecule has 22 heavy (non-hydrogen) atoms. The van der Waals surface area contributed by atoms with E-state index < -0.39 is 0 Å². The number of carbonyl (C=O) groups is 1. The molecule has 0 saturated heterocycles. The van der Waals surface area contributed by atoms with E-state index in [1.807, 2.05) is 12.3 Å². The summed E-state index contributed by atoms with van der Waals surface area (Å²) < 4.78 is 0. The Morgan fingerprint density at radius 2 is 2.14 bits per heavy atom. The van der Waals surface area contributed by atoms with E-state index in [1.165, 1.54) is 12.8 Å². The van der Waals surface area contributed by atoms with Crippen LogP contribution in [0.3, 0.4) is 0 Å². The zero-order valence-corrected chi connectivity index (χ0v) is 15.4. The fraction of sp³-hybridized carbons (Fsp3) is 0.733. The maximum Gasteiger partial charge on any atom is 0.225 e. The SMILES string of the molecule is CCc1nc(C(C)NC(=O)C2C3CCC(C3)C2N)cs1.Cl.Cl. The maximum absolute atomic E-state index is 12.5. The highest BCUT2D eigenvalue weighted by Gasteiger charge is 2.49. The van der Waals surface area contributed by atoms with Gasteiger partial charge in [0, 0.05) is 11.4 Å². The molecule has 2 fully saturated rings. The Kier molecular flexibility index (Phi) is 7.12. The Bertz CT molecular complexity index is 509. The van der Waals surface area contributed by atoms with Gasteiger partial charge in [-0.3, -0.25) is 4.79 Å². The minimum atomic E-state index is -0.0228. The molecule has 3 rings (SSSR count). The van der Waals surface area contributed by atoms with Crippen LogP contribution in [0.1, 0.15) is 49.9 Å². The summed E-state index contributed by atoms with van der Waals surface area (Å²) in [5, 5.41) is 6.29. The molecule has 2 aliphatic rings. The number of rotatable bonds is 4. The summed E-state index contributed by atoms with van der Waals surface area (Å²) in [6, 6.07) is 0.0352. The van der Waals surface area contributed by atoms with Crippen molar-refractivity contribution >= 4 is 42.1 Å². The average Bonchev–Trinajstić information content (AvgIpc) is 3.13. The lowest BCUT2D eigenvalue weighted by atomic mass is 9.84. The molecule has 7 heteroatoms. The summed E-state index contributed by atoms with van der Waals surface area (Å²) in [5.74, 6) is 1.21. The van der Waals surface area contributed by atoms with Crippen molar-refractivity contribution in [2.45, 2.75) is 51.6 Å². The number of aryl methyl sites for hydroxylation is 1. The lowest BCUT2D eigenvalue weighted by Gasteiger charge is -2.28. The molecule has 3 N–H and O–H groups in total. The number of nitrogens with zero attached hydrogens (tertiary/aromatic N) is 1. The first kappa shape index (κ1) is 19.7. The highest BCUT2D eigenvalue weighted by Crippen LogP contribution is 2.47. The van der Waals surface area contributed by atoms with Crippen LogP contribution < -0.4 is 11.1 Å². The van der Waals surface area contributed by atoms with Crippen molar-refractivity contribution in [2.75, 3.05) is 0 Å². The number of carbonyl (C=O) groups excluding carboxylic acids is 1. The van der Waals surface area contributed by atoms with Crippen molar-refractivity contribution in [3.05, 3.63) is 16.1 Å². The van der Waals surface area contributed by atoms with E-state index in [1.54, 1.807) is 11.3 Å². The number of halogens is 2. The van der Waals surface area contributed by atoms with E-state index in [0.29, 0.717) is 11.8 Å². The predicted octanol–water partition coefficient (Wildman–Crippen LogP) is 3.10. The smallest absolute Gasteiger partial charge is 0.225 e. The van der Waals surface area contributed by atoms with Gasteiger partial charge in [-0.1, -0.05) is 6.92 Å². The molecule has 2 bridgehead atoms. The first-order valence-corrected chi connectivity index (χ1v) is 8.48. The molecule has 1 aromatic rings. The summed E-state index contributed by atoms with van der Waals surface area (Å²) in [7, 11) is 0. The van der Waals surface area contributed by atoms with Crippen LogP contribution in [-0.4, -0.2) is 16.9 Å². The Balaban J connectivity index is 0.00000121. The lowest BCUT2D eigenvalue weighted by Crippen LogP contribution is -2.45. The second-order valence-corrected chi connectivity index (χ2v) is 7.13. The van der Waals surface area contributed by atoms with Crippen LogP contribution in [0.2, 0.25) is 0 Å². The first-order chi connectivity index (χ1) is 9.60. The van der Waals surface area contributed by atoms with Crippen LogP contribution in [0, 0.1) is 17.8 Å². The molecule has 0 spiro atoms. The second kappa shape index (κ2) is 7.95. The minimum Gasteiger partial charge on any atom is -0.348 e. The maximum atomic E-state index is 12.5. The molecule has 4 nitrogen and oxygen atoms in total. The molecule has 2 saturated carbocycles. The number of aromatic nitrogens is 1. The third-order valence-electron chi connectivity index (χ3n) is 4.96. The minimum absolute atomic E-state index is 0. The molecule has 5 atom stereocenters. The zero-order valence-electron chi connectivity index (χ0n) is 13.0. The van der Waals surface area contributed by atoms with Crippen molar-refractivity contribution in [1.29, 1.82) is 0 Å². The van der Waals surface area contributed by atoms with Crippen LogP contribution in [-0.2, 0) is 11.2 Å². The Morgan fingerprint density at radius 1 is 1.45 bits per heavy atom. The molecule has 0 aromatic carbocycles. The number of nitrogens with one attached hydrogen (secondary N) is 1. The largest absolute Gasteiger partial charge is 0.348 e. The van der Waals surface area contributed by atoms with Crippen LogP contribution in [0.5, 0.6) is 0 Å². The molecule has 1 heterocycles. The van der Waals surface area contributed by atoms with Gasteiger partial charge in [-0.15, -0.1) is 36.2 Å². The molecule has 5 unspecified atom stereocenters. The Labute approximate surface area is 148 Å². The van der Waals surface area contributed by atoms with E-state index in [2.05, 4.69) is 17.2 Å². The summed E-state index contributed by atoms with van der Waals surface area (Å²) >= 11 is 1.66. The summed E-state index contributed by atoms with van der Waals surface area (Å²) in [6.45, 7) is 4.10. The van der Waals surface area contributed by atoms with Crippen molar-refractivity contribution in [1.82, 2.24) is 10.3 Å². The number of thiazole rings is 1. The quantitative estimate of drug-likeness (QED) is 0.860. The Morgan fingerprint density at radius 3 is 2.68 bits per heavy atom. The highest BCUT2D eigenvalue weighted by atomic mass is 35.5. The van der Waals surface area contributed by atoms with E-state index in [-0.39, 0.29) is 48.7 Å². The fourth-order valence-electron chi connectivity index (χ4n) is 3.79. The third-order valence-corrected chi connectivity index (χ3v) is 5.97. The van der Waals surface area contributed by atoms with Gasteiger partial charge in [0.2, 0.25) is 5.91 Å². The van der Waals surface area contributed by atoms with E-state index in [0.717, 1.165) is 23.5 Å². The topological polar surface area (TPSA) is 68.0 Å². The van der Waals surface area contributed by atoms with Crippen molar-refractivity contribution < 1.29 is 4.79 Å². The van der Waals surface area contributed by atoms with Gasteiger partial charge in [-0.2, -0.15) is 0 Å². The Hall–Kier alpha value is -0.360. The van der Waals surface area contributed by atoms with Crippen molar-refractivity contribution in [3.8, 4) is 0 Å². The predicted molar refractivity (Wildman–Crippen MR) is 94.8 cm³/mol. The molecule has 0 aliphatic heterocycles. The molecular formula is C15H25Cl2N3OS. The molecule has 0 radical (unpaired) electrons. The number of hydrogen-bond donors (Lipinski definition) is 2. The molecule has 126 valence electrons. The van der Waals surface area contributed by atoms with Gasteiger partial charge in [0.1, 0.15) is 0 Å². The van der Waals surface area contributed by atoms with Crippen LogP contribution in [0.15, 0.2) is 5.38 Å². The fourth-order valence-corrected chi connectivity index (χ4v) is 4.63. The molecule has 2 aliphatic carbocycles.